The molecule has 0 radical (unpaired) electrons. The van der Waals surface area contributed by atoms with Crippen LogP contribution in [0.25, 0.3) is 0 Å². The number of benzene rings is 1. The Morgan fingerprint density at radius 3 is 2.82 bits per heavy atom. The topological polar surface area (TPSA) is 55.3 Å². The molecule has 96 valence electrons. The highest BCUT2D eigenvalue weighted by molar-refractivity contribution is 5.32. The van der Waals surface area contributed by atoms with Gasteiger partial charge < -0.3 is 19.9 Å². The number of rotatable bonds is 8. The number of ether oxygens (including phenoxy) is 2. The summed E-state index contributed by atoms with van der Waals surface area (Å²) in [6.07, 6.45) is -0.412. The van der Waals surface area contributed by atoms with Crippen molar-refractivity contribution in [1.29, 1.82) is 0 Å². The highest BCUT2D eigenvalue weighted by Gasteiger charge is 2.07. The van der Waals surface area contributed by atoms with Crippen LogP contribution in [0.2, 0.25) is 0 Å². The second-order valence-corrected chi connectivity index (χ2v) is 3.91. The van der Waals surface area contributed by atoms with Gasteiger partial charge in [-0.05, 0) is 13.0 Å². The van der Waals surface area contributed by atoms with E-state index in [4.69, 9.17) is 9.47 Å². The molecule has 0 aliphatic rings. The lowest BCUT2D eigenvalue weighted by atomic mass is 10.2. The fraction of sp³-hybridized carbons (Fsp3) is 0.538. The number of nitrogens with two attached hydrogens (primary N) is 1. The number of hydrogen-bond donors (Lipinski definition) is 2. The van der Waals surface area contributed by atoms with Crippen LogP contribution in [0.15, 0.2) is 24.3 Å². The quantitative estimate of drug-likeness (QED) is 0.680. The maximum absolute atomic E-state index is 9.60. The number of likely N-dealkylation sites (N-methyl/N-ethyl adjacent to an activating group) is 1. The fourth-order valence-electron chi connectivity index (χ4n) is 1.55. The Kier molecular flexibility index (Phi) is 6.62. The van der Waals surface area contributed by atoms with Crippen molar-refractivity contribution >= 4 is 0 Å². The summed E-state index contributed by atoms with van der Waals surface area (Å²) in [7, 11) is 1.64. The van der Waals surface area contributed by atoms with E-state index in [1.54, 1.807) is 7.11 Å². The number of quaternary nitrogens is 1. The van der Waals surface area contributed by atoms with Gasteiger partial charge in [0.05, 0.1) is 26.9 Å². The van der Waals surface area contributed by atoms with Crippen molar-refractivity contribution < 1.29 is 19.9 Å². The zero-order valence-electron chi connectivity index (χ0n) is 10.6. The molecule has 17 heavy (non-hydrogen) atoms. The molecule has 0 heterocycles. The molecule has 1 atom stereocenters. The predicted molar refractivity (Wildman–Crippen MR) is 66.0 cm³/mol. The van der Waals surface area contributed by atoms with Gasteiger partial charge in [-0.25, -0.2) is 0 Å². The van der Waals surface area contributed by atoms with E-state index in [-0.39, 0.29) is 0 Å². The SMILES string of the molecule is CC[NH2+]C[C@@H](O)COCc1ccccc1OC. The molecule has 0 saturated heterocycles. The van der Waals surface area contributed by atoms with Crippen LogP contribution >= 0.6 is 0 Å². The second-order valence-electron chi connectivity index (χ2n) is 3.91. The minimum atomic E-state index is -0.412. The van der Waals surface area contributed by atoms with E-state index < -0.39 is 6.10 Å². The van der Waals surface area contributed by atoms with Gasteiger partial charge in [0.25, 0.3) is 0 Å². The van der Waals surface area contributed by atoms with Crippen LogP contribution in [0.1, 0.15) is 12.5 Å². The average Bonchev–Trinajstić information content (AvgIpc) is 2.37. The van der Waals surface area contributed by atoms with E-state index >= 15 is 0 Å². The maximum atomic E-state index is 9.60. The van der Waals surface area contributed by atoms with E-state index in [1.807, 2.05) is 24.3 Å². The molecule has 1 rings (SSSR count). The molecule has 0 aliphatic heterocycles. The van der Waals surface area contributed by atoms with Crippen LogP contribution in [0.3, 0.4) is 0 Å². The van der Waals surface area contributed by atoms with Crippen LogP contribution in [-0.2, 0) is 11.3 Å². The Labute approximate surface area is 103 Å². The largest absolute Gasteiger partial charge is 0.496 e. The summed E-state index contributed by atoms with van der Waals surface area (Å²) in [5, 5.41) is 11.6. The van der Waals surface area contributed by atoms with Gasteiger partial charge in [-0.15, -0.1) is 0 Å². The van der Waals surface area contributed by atoms with E-state index in [1.165, 1.54) is 0 Å². The van der Waals surface area contributed by atoms with Gasteiger partial charge in [0.15, 0.2) is 0 Å². The Balaban J connectivity index is 2.30. The van der Waals surface area contributed by atoms with Gasteiger partial charge in [0, 0.05) is 5.56 Å². The lowest BCUT2D eigenvalue weighted by Crippen LogP contribution is -2.86. The molecule has 4 heteroatoms. The van der Waals surface area contributed by atoms with Crippen LogP contribution in [0.5, 0.6) is 5.75 Å². The number of aliphatic hydroxyl groups excluding tert-OH is 1. The van der Waals surface area contributed by atoms with Crippen molar-refractivity contribution in [3.05, 3.63) is 29.8 Å². The summed E-state index contributed by atoms with van der Waals surface area (Å²) in [5.41, 5.74) is 1.00. The van der Waals surface area contributed by atoms with Crippen molar-refractivity contribution in [3.8, 4) is 5.75 Å². The number of methoxy groups -OCH3 is 1. The Hall–Kier alpha value is -1.10. The van der Waals surface area contributed by atoms with Gasteiger partial charge >= 0.3 is 0 Å². The molecular formula is C13H22NO3+. The molecule has 0 aliphatic carbocycles. The average molecular weight is 240 g/mol. The number of aliphatic hydroxyl groups is 1. The predicted octanol–water partition coefficient (Wildman–Crippen LogP) is 0.156. The highest BCUT2D eigenvalue weighted by atomic mass is 16.5. The summed E-state index contributed by atoms with van der Waals surface area (Å²) >= 11 is 0. The Bertz CT molecular complexity index is 317. The molecule has 3 N–H and O–H groups in total. The first-order valence-corrected chi connectivity index (χ1v) is 5.97. The molecule has 0 fully saturated rings. The monoisotopic (exact) mass is 240 g/mol. The Morgan fingerprint density at radius 1 is 1.35 bits per heavy atom. The maximum Gasteiger partial charge on any atom is 0.126 e. The highest BCUT2D eigenvalue weighted by Crippen LogP contribution is 2.17. The first kappa shape index (κ1) is 14.0. The van der Waals surface area contributed by atoms with E-state index in [9.17, 15) is 5.11 Å². The third-order valence-corrected chi connectivity index (χ3v) is 2.49. The summed E-state index contributed by atoms with van der Waals surface area (Å²) < 4.78 is 10.7. The second kappa shape index (κ2) is 8.06. The molecule has 0 aromatic heterocycles. The zero-order chi connectivity index (χ0) is 12.5. The summed E-state index contributed by atoms with van der Waals surface area (Å²) in [6, 6.07) is 7.74. The minimum Gasteiger partial charge on any atom is -0.496 e. The van der Waals surface area contributed by atoms with Gasteiger partial charge in [-0.3, -0.25) is 0 Å². The molecule has 0 amide bonds. The van der Waals surface area contributed by atoms with Crippen molar-refractivity contribution in [2.75, 3.05) is 26.8 Å². The summed E-state index contributed by atoms with van der Waals surface area (Å²) in [6.45, 7) is 4.54. The molecule has 0 bridgehead atoms. The van der Waals surface area contributed by atoms with Gasteiger partial charge in [-0.1, -0.05) is 18.2 Å². The van der Waals surface area contributed by atoms with Crippen molar-refractivity contribution in [3.63, 3.8) is 0 Å². The molecular weight excluding hydrogens is 218 g/mol. The summed E-state index contributed by atoms with van der Waals surface area (Å²) in [5.74, 6) is 0.821. The normalized spacial score (nSPS) is 12.4. The van der Waals surface area contributed by atoms with Crippen LogP contribution in [-0.4, -0.2) is 38.0 Å². The number of para-hydroxylation sites is 1. The van der Waals surface area contributed by atoms with Crippen molar-refractivity contribution in [2.45, 2.75) is 19.6 Å². The fourth-order valence-corrected chi connectivity index (χ4v) is 1.55. The minimum absolute atomic E-state index is 0.356. The number of hydrogen-bond acceptors (Lipinski definition) is 3. The smallest absolute Gasteiger partial charge is 0.126 e. The Morgan fingerprint density at radius 2 is 2.12 bits per heavy atom. The molecule has 0 spiro atoms. The van der Waals surface area contributed by atoms with Crippen LogP contribution < -0.4 is 10.1 Å². The van der Waals surface area contributed by atoms with Gasteiger partial charge in [0.2, 0.25) is 0 Å². The molecule has 0 saturated carbocycles. The lowest BCUT2D eigenvalue weighted by molar-refractivity contribution is -0.658. The molecule has 1 aromatic rings. The standard InChI is InChI=1S/C13H21NO3/c1-3-14-8-12(15)10-17-9-11-6-4-5-7-13(11)16-2/h4-7,12,14-15H,3,8-10H2,1-2H3/p+1/t12-/m1/s1. The van der Waals surface area contributed by atoms with Crippen LogP contribution in [0.4, 0.5) is 0 Å². The van der Waals surface area contributed by atoms with Gasteiger partial charge in [0.1, 0.15) is 18.4 Å². The van der Waals surface area contributed by atoms with Crippen molar-refractivity contribution in [2.24, 2.45) is 0 Å². The van der Waals surface area contributed by atoms with Crippen LogP contribution in [0, 0.1) is 0 Å². The molecule has 4 nitrogen and oxygen atoms in total. The molecule has 0 unspecified atom stereocenters. The lowest BCUT2D eigenvalue weighted by Gasteiger charge is -2.11. The zero-order valence-corrected chi connectivity index (χ0v) is 10.6. The van der Waals surface area contributed by atoms with Crippen molar-refractivity contribution in [1.82, 2.24) is 0 Å². The van der Waals surface area contributed by atoms with E-state index in [2.05, 4.69) is 12.2 Å². The summed E-state index contributed by atoms with van der Waals surface area (Å²) in [4.78, 5) is 0. The first-order chi connectivity index (χ1) is 8.27. The first-order valence-electron chi connectivity index (χ1n) is 5.97. The van der Waals surface area contributed by atoms with Gasteiger partial charge in [-0.2, -0.15) is 0 Å². The third kappa shape index (κ3) is 5.17. The van der Waals surface area contributed by atoms with E-state index in [0.29, 0.717) is 19.8 Å². The molecule has 1 aromatic carbocycles. The van der Waals surface area contributed by atoms with E-state index in [0.717, 1.165) is 17.9 Å². The third-order valence-electron chi connectivity index (χ3n) is 2.49.